The quantitative estimate of drug-likeness (QED) is 0.849. The second kappa shape index (κ2) is 6.02. The lowest BCUT2D eigenvalue weighted by atomic mass is 9.85. The molecule has 1 N–H and O–H groups in total. The second-order valence-electron chi connectivity index (χ2n) is 7.10. The summed E-state index contributed by atoms with van der Waals surface area (Å²) in [5.74, 6) is 1.07. The molecule has 2 aliphatic heterocycles. The van der Waals surface area contributed by atoms with Gasteiger partial charge in [-0.15, -0.1) is 0 Å². The van der Waals surface area contributed by atoms with Crippen LogP contribution >= 0.6 is 0 Å². The summed E-state index contributed by atoms with van der Waals surface area (Å²) in [6.45, 7) is 2.07. The van der Waals surface area contributed by atoms with Crippen molar-refractivity contribution in [2.24, 2.45) is 5.92 Å². The molecule has 3 aliphatic rings. The van der Waals surface area contributed by atoms with Crippen molar-refractivity contribution in [3.8, 4) is 0 Å². The van der Waals surface area contributed by atoms with Gasteiger partial charge < -0.3 is 15.1 Å². The lowest BCUT2D eigenvalue weighted by Gasteiger charge is -2.28. The van der Waals surface area contributed by atoms with Crippen LogP contribution in [-0.2, 0) is 4.79 Å². The fourth-order valence-corrected chi connectivity index (χ4v) is 4.39. The smallest absolute Gasteiger partial charge is 0.239 e. The van der Waals surface area contributed by atoms with Crippen LogP contribution in [0.15, 0.2) is 0 Å². The molecule has 4 unspecified atom stereocenters. The van der Waals surface area contributed by atoms with Crippen LogP contribution in [0.25, 0.3) is 0 Å². The van der Waals surface area contributed by atoms with Crippen LogP contribution in [0.1, 0.15) is 44.9 Å². The molecule has 20 heavy (non-hydrogen) atoms. The molecule has 4 atom stereocenters. The molecule has 4 nitrogen and oxygen atoms in total. The fourth-order valence-electron chi connectivity index (χ4n) is 4.39. The highest BCUT2D eigenvalue weighted by Gasteiger charge is 2.39. The van der Waals surface area contributed by atoms with Gasteiger partial charge in [-0.3, -0.25) is 4.79 Å². The molecule has 4 heteroatoms. The third kappa shape index (κ3) is 2.86. The van der Waals surface area contributed by atoms with Crippen LogP contribution in [-0.4, -0.2) is 61.0 Å². The summed E-state index contributed by atoms with van der Waals surface area (Å²) >= 11 is 0. The second-order valence-corrected chi connectivity index (χ2v) is 7.10. The van der Waals surface area contributed by atoms with Crippen molar-refractivity contribution in [3.63, 3.8) is 0 Å². The normalized spacial score (nSPS) is 37.9. The highest BCUT2D eigenvalue weighted by atomic mass is 16.2. The van der Waals surface area contributed by atoms with E-state index in [9.17, 15) is 4.79 Å². The van der Waals surface area contributed by atoms with E-state index >= 15 is 0 Å². The molecular formula is C16H29N3O. The lowest BCUT2D eigenvalue weighted by Crippen LogP contribution is -2.47. The van der Waals surface area contributed by atoms with E-state index in [1.165, 1.54) is 45.1 Å². The molecule has 3 rings (SSSR count). The molecular weight excluding hydrogens is 250 g/mol. The van der Waals surface area contributed by atoms with E-state index in [0.717, 1.165) is 18.9 Å². The van der Waals surface area contributed by atoms with Gasteiger partial charge in [-0.05, 0) is 51.6 Å². The molecule has 0 aromatic rings. The summed E-state index contributed by atoms with van der Waals surface area (Å²) < 4.78 is 0. The zero-order chi connectivity index (χ0) is 14.1. The Morgan fingerprint density at radius 3 is 2.75 bits per heavy atom. The first-order chi connectivity index (χ1) is 9.65. The summed E-state index contributed by atoms with van der Waals surface area (Å²) in [7, 11) is 4.16. The van der Waals surface area contributed by atoms with Crippen molar-refractivity contribution in [3.05, 3.63) is 0 Å². The molecule has 114 valence electrons. The summed E-state index contributed by atoms with van der Waals surface area (Å²) in [5.41, 5.74) is 0. The number of hydrogen-bond acceptors (Lipinski definition) is 3. The van der Waals surface area contributed by atoms with E-state index in [1.54, 1.807) is 0 Å². The highest BCUT2D eigenvalue weighted by molar-refractivity contribution is 5.82. The summed E-state index contributed by atoms with van der Waals surface area (Å²) in [6.07, 6.45) is 8.84. The first kappa shape index (κ1) is 14.3. The van der Waals surface area contributed by atoms with Gasteiger partial charge in [0.25, 0.3) is 0 Å². The maximum absolute atomic E-state index is 12.6. The fraction of sp³-hybridized carbons (Fsp3) is 0.938. The Morgan fingerprint density at radius 2 is 2.05 bits per heavy atom. The summed E-state index contributed by atoms with van der Waals surface area (Å²) in [5, 5.41) is 3.60. The molecule has 2 saturated heterocycles. The number of nitrogens with zero attached hydrogens (tertiary/aromatic N) is 2. The standard InChI is InChI=1S/C16H29N3O/c1-18-9-5-7-13(18)11-19(2)16(20)15-10-12-6-3-4-8-14(12)17-15/h12-15,17H,3-11H2,1-2H3. The average Bonchev–Trinajstić information content (AvgIpc) is 3.04. The molecule has 0 spiro atoms. The molecule has 0 aromatic carbocycles. The first-order valence-corrected chi connectivity index (χ1v) is 8.36. The number of amides is 1. The van der Waals surface area contributed by atoms with Crippen LogP contribution in [0.5, 0.6) is 0 Å². The van der Waals surface area contributed by atoms with Crippen LogP contribution in [0.2, 0.25) is 0 Å². The number of fused-ring (bicyclic) bond motifs is 1. The van der Waals surface area contributed by atoms with Gasteiger partial charge in [-0.25, -0.2) is 0 Å². The van der Waals surface area contributed by atoms with Crippen molar-refractivity contribution >= 4 is 5.91 Å². The van der Waals surface area contributed by atoms with Crippen LogP contribution in [0, 0.1) is 5.92 Å². The molecule has 1 saturated carbocycles. The number of likely N-dealkylation sites (tertiary alicyclic amines) is 1. The number of rotatable bonds is 3. The van der Waals surface area contributed by atoms with Gasteiger partial charge >= 0.3 is 0 Å². The number of hydrogen-bond donors (Lipinski definition) is 1. The zero-order valence-electron chi connectivity index (χ0n) is 13.0. The van der Waals surface area contributed by atoms with Crippen LogP contribution in [0.3, 0.4) is 0 Å². The van der Waals surface area contributed by atoms with Gasteiger partial charge in [-0.2, -0.15) is 0 Å². The van der Waals surface area contributed by atoms with E-state index < -0.39 is 0 Å². The monoisotopic (exact) mass is 279 g/mol. The Bertz CT molecular complexity index is 346. The Morgan fingerprint density at radius 1 is 1.25 bits per heavy atom. The number of carbonyl (C=O) groups is 1. The van der Waals surface area contributed by atoms with Gasteiger partial charge in [0.2, 0.25) is 5.91 Å². The van der Waals surface area contributed by atoms with Crippen molar-refractivity contribution in [2.75, 3.05) is 27.2 Å². The molecule has 0 aromatic heterocycles. The Hall–Kier alpha value is -0.610. The van der Waals surface area contributed by atoms with Gasteiger partial charge in [0, 0.05) is 25.7 Å². The van der Waals surface area contributed by atoms with Gasteiger partial charge in [-0.1, -0.05) is 12.8 Å². The molecule has 0 radical (unpaired) electrons. The summed E-state index contributed by atoms with van der Waals surface area (Å²) in [6, 6.07) is 1.26. The SMILES string of the molecule is CN(CC1CCCN1C)C(=O)C1CC2CCCCC2N1. The average molecular weight is 279 g/mol. The van der Waals surface area contributed by atoms with Crippen molar-refractivity contribution in [1.29, 1.82) is 0 Å². The Balaban J connectivity index is 1.53. The van der Waals surface area contributed by atoms with E-state index in [0.29, 0.717) is 18.0 Å². The van der Waals surface area contributed by atoms with Gasteiger partial charge in [0.05, 0.1) is 6.04 Å². The zero-order valence-corrected chi connectivity index (χ0v) is 13.0. The first-order valence-electron chi connectivity index (χ1n) is 8.36. The Kier molecular flexibility index (Phi) is 4.32. The van der Waals surface area contributed by atoms with E-state index in [4.69, 9.17) is 0 Å². The van der Waals surface area contributed by atoms with Crippen molar-refractivity contribution < 1.29 is 4.79 Å². The van der Waals surface area contributed by atoms with Gasteiger partial charge in [0.15, 0.2) is 0 Å². The lowest BCUT2D eigenvalue weighted by molar-refractivity contribution is -0.132. The third-order valence-corrected chi connectivity index (χ3v) is 5.69. The van der Waals surface area contributed by atoms with Crippen LogP contribution in [0.4, 0.5) is 0 Å². The molecule has 1 aliphatic carbocycles. The minimum Gasteiger partial charge on any atom is -0.343 e. The summed E-state index contributed by atoms with van der Waals surface area (Å²) in [4.78, 5) is 17.0. The third-order valence-electron chi connectivity index (χ3n) is 5.69. The van der Waals surface area contributed by atoms with Gasteiger partial charge in [0.1, 0.15) is 0 Å². The topological polar surface area (TPSA) is 35.6 Å². The van der Waals surface area contributed by atoms with E-state index in [1.807, 2.05) is 11.9 Å². The number of likely N-dealkylation sites (N-methyl/N-ethyl adjacent to an activating group) is 2. The predicted octanol–water partition coefficient (Wildman–Crippen LogP) is 1.46. The maximum Gasteiger partial charge on any atom is 0.239 e. The van der Waals surface area contributed by atoms with E-state index in [-0.39, 0.29) is 6.04 Å². The van der Waals surface area contributed by atoms with Crippen molar-refractivity contribution in [1.82, 2.24) is 15.1 Å². The highest BCUT2D eigenvalue weighted by Crippen LogP contribution is 2.33. The predicted molar refractivity (Wildman–Crippen MR) is 80.6 cm³/mol. The maximum atomic E-state index is 12.6. The molecule has 1 amide bonds. The number of nitrogens with one attached hydrogen (secondary N) is 1. The molecule has 3 fully saturated rings. The molecule has 0 bridgehead atoms. The Labute approximate surface area is 122 Å². The minimum absolute atomic E-state index is 0.0832. The minimum atomic E-state index is 0.0832. The van der Waals surface area contributed by atoms with E-state index in [2.05, 4.69) is 17.3 Å². The van der Waals surface area contributed by atoms with Crippen molar-refractivity contribution in [2.45, 2.75) is 63.1 Å². The molecule has 2 heterocycles. The number of carbonyl (C=O) groups excluding carboxylic acids is 1. The van der Waals surface area contributed by atoms with Crippen LogP contribution < -0.4 is 5.32 Å². The largest absolute Gasteiger partial charge is 0.343 e.